The van der Waals surface area contributed by atoms with Crippen molar-refractivity contribution in [2.45, 2.75) is 0 Å². The monoisotopic (exact) mass is 214 g/mol. The van der Waals surface area contributed by atoms with E-state index in [1.54, 1.807) is 18.3 Å². The summed E-state index contributed by atoms with van der Waals surface area (Å²) in [6.45, 7) is 0. The highest BCUT2D eigenvalue weighted by atomic mass is 16.7. The van der Waals surface area contributed by atoms with E-state index in [2.05, 4.69) is 5.10 Å². The van der Waals surface area contributed by atoms with Gasteiger partial charge in [0, 0.05) is 6.08 Å². The van der Waals surface area contributed by atoms with Gasteiger partial charge in [-0.1, -0.05) is 35.2 Å². The van der Waals surface area contributed by atoms with Crippen LogP contribution in [-0.4, -0.2) is 15.9 Å². The summed E-state index contributed by atoms with van der Waals surface area (Å²) in [5.41, 5.74) is 0.944. The highest BCUT2D eigenvalue weighted by Crippen LogP contribution is 2.00. The van der Waals surface area contributed by atoms with Gasteiger partial charge in [-0.25, -0.2) is 4.79 Å². The first-order chi connectivity index (χ1) is 7.84. The van der Waals surface area contributed by atoms with Crippen LogP contribution in [0, 0.1) is 0 Å². The molecule has 0 radical (unpaired) electrons. The van der Waals surface area contributed by atoms with Gasteiger partial charge in [-0.3, -0.25) is 0 Å². The van der Waals surface area contributed by atoms with Gasteiger partial charge in [-0.05, 0) is 17.7 Å². The van der Waals surface area contributed by atoms with Crippen molar-refractivity contribution >= 4 is 12.0 Å². The minimum absolute atomic E-state index is 0.465. The molecule has 0 aliphatic carbocycles. The van der Waals surface area contributed by atoms with Crippen molar-refractivity contribution in [3.8, 4) is 0 Å². The Morgan fingerprint density at radius 3 is 2.75 bits per heavy atom. The van der Waals surface area contributed by atoms with E-state index >= 15 is 0 Å². The summed E-state index contributed by atoms with van der Waals surface area (Å²) in [5, 5.41) is 3.75. The SMILES string of the molecule is O=C(/C=C/c1ccccc1)On1cccn1. The van der Waals surface area contributed by atoms with Crippen LogP contribution in [0.5, 0.6) is 0 Å². The molecule has 0 spiro atoms. The van der Waals surface area contributed by atoms with Gasteiger partial charge < -0.3 is 4.84 Å². The number of hydrogen-bond donors (Lipinski definition) is 0. The van der Waals surface area contributed by atoms with E-state index < -0.39 is 5.97 Å². The molecule has 0 fully saturated rings. The maximum atomic E-state index is 11.3. The lowest BCUT2D eigenvalue weighted by Gasteiger charge is -1.97. The Morgan fingerprint density at radius 2 is 2.06 bits per heavy atom. The summed E-state index contributed by atoms with van der Waals surface area (Å²) in [5.74, 6) is -0.465. The summed E-state index contributed by atoms with van der Waals surface area (Å²) in [6.07, 6.45) is 6.13. The molecule has 0 saturated carbocycles. The van der Waals surface area contributed by atoms with E-state index in [9.17, 15) is 4.79 Å². The Kier molecular flexibility index (Phi) is 3.13. The van der Waals surface area contributed by atoms with Crippen LogP contribution in [0.15, 0.2) is 54.9 Å². The van der Waals surface area contributed by atoms with E-state index in [1.807, 2.05) is 30.3 Å². The van der Waals surface area contributed by atoms with Crippen molar-refractivity contribution in [2.75, 3.05) is 0 Å². The molecule has 0 saturated heterocycles. The van der Waals surface area contributed by atoms with Crippen molar-refractivity contribution in [1.82, 2.24) is 9.94 Å². The van der Waals surface area contributed by atoms with Crippen molar-refractivity contribution in [2.24, 2.45) is 0 Å². The van der Waals surface area contributed by atoms with Crippen molar-refractivity contribution in [3.05, 3.63) is 60.4 Å². The number of aromatic nitrogens is 2. The smallest absolute Gasteiger partial charge is 0.315 e. The summed E-state index contributed by atoms with van der Waals surface area (Å²) in [7, 11) is 0. The lowest BCUT2D eigenvalue weighted by molar-refractivity contribution is -0.139. The first-order valence-electron chi connectivity index (χ1n) is 4.80. The molecule has 16 heavy (non-hydrogen) atoms. The molecule has 0 N–H and O–H groups in total. The highest BCUT2D eigenvalue weighted by molar-refractivity contribution is 5.87. The zero-order valence-electron chi connectivity index (χ0n) is 8.48. The highest BCUT2D eigenvalue weighted by Gasteiger charge is 1.98. The second-order valence-electron chi connectivity index (χ2n) is 3.06. The van der Waals surface area contributed by atoms with Gasteiger partial charge in [0.05, 0.1) is 12.4 Å². The minimum atomic E-state index is -0.465. The van der Waals surface area contributed by atoms with E-state index in [1.165, 1.54) is 12.3 Å². The van der Waals surface area contributed by atoms with Crippen LogP contribution in [0.25, 0.3) is 6.08 Å². The predicted octanol–water partition coefficient (Wildman–Crippen LogP) is 1.55. The second-order valence-corrected chi connectivity index (χ2v) is 3.06. The molecule has 0 bridgehead atoms. The normalized spacial score (nSPS) is 10.5. The number of benzene rings is 1. The Hall–Kier alpha value is -2.36. The minimum Gasteiger partial charge on any atom is -0.315 e. The van der Waals surface area contributed by atoms with Gasteiger partial charge in [0.1, 0.15) is 0 Å². The van der Waals surface area contributed by atoms with E-state index in [0.29, 0.717) is 0 Å². The van der Waals surface area contributed by atoms with E-state index in [0.717, 1.165) is 10.4 Å². The summed E-state index contributed by atoms with van der Waals surface area (Å²) in [6, 6.07) is 11.2. The molecule has 0 amide bonds. The third-order valence-corrected chi connectivity index (χ3v) is 1.88. The van der Waals surface area contributed by atoms with Gasteiger partial charge in [-0.2, -0.15) is 0 Å². The first kappa shape index (κ1) is 10.2. The molecule has 0 aliphatic rings. The summed E-state index contributed by atoms with van der Waals surface area (Å²) < 4.78 is 0. The van der Waals surface area contributed by atoms with Crippen molar-refractivity contribution < 1.29 is 9.63 Å². The molecule has 1 heterocycles. The zero-order valence-corrected chi connectivity index (χ0v) is 8.48. The standard InChI is InChI=1S/C12H10N2O2/c15-12(16-14-10-4-9-13-14)8-7-11-5-2-1-3-6-11/h1-10H/b8-7+. The molecule has 80 valence electrons. The fourth-order valence-electron chi connectivity index (χ4n) is 1.16. The van der Waals surface area contributed by atoms with Crippen LogP contribution in [0.1, 0.15) is 5.56 Å². The molecule has 4 nitrogen and oxygen atoms in total. The third kappa shape index (κ3) is 2.81. The van der Waals surface area contributed by atoms with E-state index in [4.69, 9.17) is 4.84 Å². The number of carbonyl (C=O) groups is 1. The summed E-state index contributed by atoms with van der Waals surface area (Å²) in [4.78, 5) is 17.3. The fourth-order valence-corrected chi connectivity index (χ4v) is 1.16. The van der Waals surface area contributed by atoms with Gasteiger partial charge in [0.15, 0.2) is 0 Å². The lowest BCUT2D eigenvalue weighted by atomic mass is 10.2. The molecule has 2 rings (SSSR count). The van der Waals surface area contributed by atoms with Gasteiger partial charge in [-0.15, -0.1) is 5.10 Å². The van der Waals surface area contributed by atoms with Crippen LogP contribution in [0.2, 0.25) is 0 Å². The van der Waals surface area contributed by atoms with Crippen LogP contribution in [0.3, 0.4) is 0 Å². The van der Waals surface area contributed by atoms with Gasteiger partial charge >= 0.3 is 5.97 Å². The van der Waals surface area contributed by atoms with Crippen LogP contribution >= 0.6 is 0 Å². The molecule has 0 unspecified atom stereocenters. The van der Waals surface area contributed by atoms with Gasteiger partial charge in [0.2, 0.25) is 0 Å². The third-order valence-electron chi connectivity index (χ3n) is 1.88. The Labute approximate surface area is 92.7 Å². The molecule has 1 aromatic carbocycles. The molecule has 4 heteroatoms. The van der Waals surface area contributed by atoms with Crippen LogP contribution in [0.4, 0.5) is 0 Å². The Morgan fingerprint density at radius 1 is 1.25 bits per heavy atom. The molecule has 0 aliphatic heterocycles. The lowest BCUT2D eigenvalue weighted by Crippen LogP contribution is -2.17. The second kappa shape index (κ2) is 4.93. The largest absolute Gasteiger partial charge is 0.358 e. The topological polar surface area (TPSA) is 44.1 Å². The molecular formula is C12H10N2O2. The summed E-state index contributed by atoms with van der Waals surface area (Å²) >= 11 is 0. The predicted molar refractivity (Wildman–Crippen MR) is 59.3 cm³/mol. The van der Waals surface area contributed by atoms with Crippen LogP contribution < -0.4 is 4.84 Å². The van der Waals surface area contributed by atoms with Crippen molar-refractivity contribution in [1.29, 1.82) is 0 Å². The number of hydrogen-bond acceptors (Lipinski definition) is 3. The molecule has 0 atom stereocenters. The quantitative estimate of drug-likeness (QED) is 0.728. The number of rotatable bonds is 3. The number of carbonyl (C=O) groups excluding carboxylic acids is 1. The van der Waals surface area contributed by atoms with E-state index in [-0.39, 0.29) is 0 Å². The van der Waals surface area contributed by atoms with Crippen LogP contribution in [-0.2, 0) is 4.79 Å². The maximum Gasteiger partial charge on any atom is 0.358 e. The molecule has 1 aromatic heterocycles. The Balaban J connectivity index is 1.95. The maximum absolute atomic E-state index is 11.3. The number of nitrogens with zero attached hydrogens (tertiary/aromatic N) is 2. The fraction of sp³-hybridized carbons (Fsp3) is 0. The van der Waals surface area contributed by atoms with Crippen molar-refractivity contribution in [3.63, 3.8) is 0 Å². The average molecular weight is 214 g/mol. The average Bonchev–Trinajstić information content (AvgIpc) is 2.81. The molecule has 2 aromatic rings. The van der Waals surface area contributed by atoms with Gasteiger partial charge in [0.25, 0.3) is 0 Å². The first-order valence-corrected chi connectivity index (χ1v) is 4.80. The Bertz CT molecular complexity index is 475. The molecular weight excluding hydrogens is 204 g/mol. The zero-order chi connectivity index (χ0) is 11.2.